The molecule has 0 radical (unpaired) electrons. The minimum atomic E-state index is -0.319. The van der Waals surface area contributed by atoms with Crippen molar-refractivity contribution in [1.29, 1.82) is 0 Å². The molecule has 1 N–H and O–H groups in total. The van der Waals surface area contributed by atoms with E-state index in [1.165, 1.54) is 7.11 Å². The summed E-state index contributed by atoms with van der Waals surface area (Å²) in [5, 5.41) is 3.01. The molecule has 0 heterocycles. The van der Waals surface area contributed by atoms with Crippen LogP contribution >= 0.6 is 11.8 Å². The molecule has 0 aromatic heterocycles. The van der Waals surface area contributed by atoms with Crippen molar-refractivity contribution in [1.82, 2.24) is 0 Å². The van der Waals surface area contributed by atoms with Gasteiger partial charge in [0.05, 0.1) is 12.7 Å². The smallest absolute Gasteiger partial charge is 0.337 e. The van der Waals surface area contributed by atoms with Gasteiger partial charge >= 0.3 is 5.97 Å². The van der Waals surface area contributed by atoms with E-state index < -0.39 is 0 Å². The molecule has 0 spiro atoms. The number of hydrogen-bond acceptors (Lipinski definition) is 4. The quantitative estimate of drug-likeness (QED) is 0.538. The summed E-state index contributed by atoms with van der Waals surface area (Å²) in [6, 6.07) is 13.4. The van der Waals surface area contributed by atoms with Gasteiger partial charge in [0, 0.05) is 17.9 Å². The maximum absolute atomic E-state index is 12.1. The number of thioether (sulfide) groups is 1. The lowest BCUT2D eigenvalue weighted by Gasteiger charge is -2.11. The van der Waals surface area contributed by atoms with Crippen molar-refractivity contribution in [2.75, 3.05) is 18.2 Å². The Kier molecular flexibility index (Phi) is 7.73. The van der Waals surface area contributed by atoms with E-state index in [1.54, 1.807) is 17.8 Å². The molecular formula is C21H25NO3S. The van der Waals surface area contributed by atoms with Crippen LogP contribution in [-0.2, 0) is 15.3 Å². The van der Waals surface area contributed by atoms with Crippen LogP contribution in [0, 0.1) is 13.8 Å². The average Bonchev–Trinajstić information content (AvgIpc) is 2.64. The van der Waals surface area contributed by atoms with Gasteiger partial charge in [-0.05, 0) is 54.8 Å². The van der Waals surface area contributed by atoms with Gasteiger partial charge in [0.15, 0.2) is 0 Å². The molecule has 4 nitrogen and oxygen atoms in total. The second-order valence-corrected chi connectivity index (χ2v) is 7.27. The molecule has 0 aliphatic heterocycles. The Labute approximate surface area is 159 Å². The van der Waals surface area contributed by atoms with Crippen LogP contribution in [0.15, 0.2) is 42.5 Å². The minimum Gasteiger partial charge on any atom is -0.465 e. The highest BCUT2D eigenvalue weighted by molar-refractivity contribution is 7.98. The summed E-state index contributed by atoms with van der Waals surface area (Å²) in [5.41, 5.74) is 4.73. The van der Waals surface area contributed by atoms with Gasteiger partial charge in [-0.1, -0.05) is 30.3 Å². The number of methoxy groups -OCH3 is 1. The third kappa shape index (κ3) is 5.92. The monoisotopic (exact) mass is 371 g/mol. The molecule has 2 aromatic rings. The van der Waals surface area contributed by atoms with E-state index in [0.29, 0.717) is 12.0 Å². The third-order valence-electron chi connectivity index (χ3n) is 4.05. The van der Waals surface area contributed by atoms with Gasteiger partial charge in [0.2, 0.25) is 5.91 Å². The molecule has 0 aliphatic rings. The minimum absolute atomic E-state index is 0.0516. The van der Waals surface area contributed by atoms with E-state index in [0.717, 1.165) is 40.3 Å². The zero-order valence-corrected chi connectivity index (χ0v) is 16.3. The van der Waals surface area contributed by atoms with Gasteiger partial charge in [0.1, 0.15) is 0 Å². The highest BCUT2D eigenvalue weighted by Gasteiger charge is 2.08. The number of benzene rings is 2. The van der Waals surface area contributed by atoms with Crippen molar-refractivity contribution in [3.8, 4) is 0 Å². The first-order valence-electron chi connectivity index (χ1n) is 8.62. The SMILES string of the molecule is COC(=O)c1cccc(CSCCCC(=O)Nc2c(C)cccc2C)c1. The van der Waals surface area contributed by atoms with E-state index in [9.17, 15) is 9.59 Å². The van der Waals surface area contributed by atoms with Gasteiger partial charge in [0.25, 0.3) is 0 Å². The molecule has 5 heteroatoms. The average molecular weight is 372 g/mol. The molecule has 2 aromatic carbocycles. The molecule has 0 atom stereocenters. The van der Waals surface area contributed by atoms with Crippen LogP contribution < -0.4 is 5.32 Å². The molecule has 0 saturated carbocycles. The molecule has 2 rings (SSSR count). The highest BCUT2D eigenvalue weighted by atomic mass is 32.2. The van der Waals surface area contributed by atoms with Gasteiger partial charge in [-0.3, -0.25) is 4.79 Å². The predicted octanol–water partition coefficient (Wildman–Crippen LogP) is 4.74. The van der Waals surface area contributed by atoms with Crippen LogP contribution in [0.5, 0.6) is 0 Å². The summed E-state index contributed by atoms with van der Waals surface area (Å²) in [4.78, 5) is 23.7. The number of carbonyl (C=O) groups excluding carboxylic acids is 2. The summed E-state index contributed by atoms with van der Waals surface area (Å²) in [7, 11) is 1.38. The van der Waals surface area contributed by atoms with Crippen molar-refractivity contribution in [3.63, 3.8) is 0 Å². The van der Waals surface area contributed by atoms with E-state index in [2.05, 4.69) is 5.32 Å². The lowest BCUT2D eigenvalue weighted by atomic mass is 10.1. The Bertz CT molecular complexity index is 753. The maximum Gasteiger partial charge on any atom is 0.337 e. The molecule has 0 saturated heterocycles. The fraction of sp³-hybridized carbons (Fsp3) is 0.333. The summed E-state index contributed by atoms with van der Waals surface area (Å²) < 4.78 is 4.74. The molecule has 26 heavy (non-hydrogen) atoms. The largest absolute Gasteiger partial charge is 0.465 e. The van der Waals surface area contributed by atoms with Crippen molar-refractivity contribution in [3.05, 3.63) is 64.7 Å². The molecule has 0 unspecified atom stereocenters. The molecule has 1 amide bonds. The van der Waals surface area contributed by atoms with Crippen molar-refractivity contribution >= 4 is 29.3 Å². The zero-order valence-electron chi connectivity index (χ0n) is 15.5. The van der Waals surface area contributed by atoms with Crippen LogP contribution in [-0.4, -0.2) is 24.7 Å². The van der Waals surface area contributed by atoms with Gasteiger partial charge in [-0.25, -0.2) is 4.79 Å². The van der Waals surface area contributed by atoms with Crippen LogP contribution in [0.2, 0.25) is 0 Å². The van der Waals surface area contributed by atoms with Crippen LogP contribution in [0.3, 0.4) is 0 Å². The first-order chi connectivity index (χ1) is 12.5. The molecular weight excluding hydrogens is 346 g/mol. The number of amides is 1. The van der Waals surface area contributed by atoms with E-state index in [4.69, 9.17) is 4.74 Å². The van der Waals surface area contributed by atoms with Gasteiger partial charge < -0.3 is 10.1 Å². The maximum atomic E-state index is 12.1. The van der Waals surface area contributed by atoms with E-state index >= 15 is 0 Å². The standard InChI is InChI=1S/C21H25NO3S/c1-15-7-4-8-16(2)20(15)22-19(23)11-6-12-26-14-17-9-5-10-18(13-17)21(24)25-3/h4-5,7-10,13H,6,11-12,14H2,1-3H3,(H,22,23). The molecule has 0 aliphatic carbocycles. The number of nitrogens with one attached hydrogen (secondary N) is 1. The van der Waals surface area contributed by atoms with Gasteiger partial charge in [-0.15, -0.1) is 0 Å². The number of carbonyl (C=O) groups is 2. The fourth-order valence-corrected chi connectivity index (χ4v) is 3.55. The lowest BCUT2D eigenvalue weighted by molar-refractivity contribution is -0.116. The van der Waals surface area contributed by atoms with Crippen LogP contribution in [0.25, 0.3) is 0 Å². The number of ether oxygens (including phenoxy) is 1. The van der Waals surface area contributed by atoms with Crippen molar-refractivity contribution in [2.45, 2.75) is 32.4 Å². The number of rotatable bonds is 8. The Morgan fingerprint density at radius 1 is 1.08 bits per heavy atom. The number of anilines is 1. The Morgan fingerprint density at radius 3 is 2.46 bits per heavy atom. The topological polar surface area (TPSA) is 55.4 Å². The normalized spacial score (nSPS) is 10.4. The number of aryl methyl sites for hydroxylation is 2. The first kappa shape index (κ1) is 20.0. The predicted molar refractivity (Wildman–Crippen MR) is 108 cm³/mol. The Hall–Kier alpha value is -2.27. The Balaban J connectivity index is 1.72. The fourth-order valence-electron chi connectivity index (χ4n) is 2.64. The van der Waals surface area contributed by atoms with Gasteiger partial charge in [-0.2, -0.15) is 11.8 Å². The van der Waals surface area contributed by atoms with E-state index in [-0.39, 0.29) is 11.9 Å². The second-order valence-electron chi connectivity index (χ2n) is 6.16. The Morgan fingerprint density at radius 2 is 1.77 bits per heavy atom. The summed E-state index contributed by atoms with van der Waals surface area (Å²) in [5.74, 6) is 1.43. The first-order valence-corrected chi connectivity index (χ1v) is 9.78. The van der Waals surface area contributed by atoms with Crippen LogP contribution in [0.1, 0.15) is 39.9 Å². The number of para-hydroxylation sites is 1. The van der Waals surface area contributed by atoms with Crippen LogP contribution in [0.4, 0.5) is 5.69 Å². The molecule has 0 bridgehead atoms. The molecule has 138 valence electrons. The summed E-state index contributed by atoms with van der Waals surface area (Å²) in [6.45, 7) is 4.00. The third-order valence-corrected chi connectivity index (χ3v) is 5.17. The lowest BCUT2D eigenvalue weighted by Crippen LogP contribution is -2.13. The zero-order chi connectivity index (χ0) is 18.9. The summed E-state index contributed by atoms with van der Waals surface area (Å²) >= 11 is 1.76. The number of esters is 1. The van der Waals surface area contributed by atoms with E-state index in [1.807, 2.05) is 50.2 Å². The number of hydrogen-bond donors (Lipinski definition) is 1. The van der Waals surface area contributed by atoms with Crippen molar-refractivity contribution < 1.29 is 14.3 Å². The highest BCUT2D eigenvalue weighted by Crippen LogP contribution is 2.20. The summed E-state index contributed by atoms with van der Waals surface area (Å²) in [6.07, 6.45) is 1.32. The van der Waals surface area contributed by atoms with Crippen molar-refractivity contribution in [2.24, 2.45) is 0 Å². The molecule has 0 fully saturated rings. The second kappa shape index (κ2) is 10.0.